The van der Waals surface area contributed by atoms with E-state index in [4.69, 9.17) is 9.84 Å². The second kappa shape index (κ2) is 4.94. The van der Waals surface area contributed by atoms with E-state index in [1.165, 1.54) is 6.92 Å². The average Bonchev–Trinajstić information content (AvgIpc) is 2.18. The van der Waals surface area contributed by atoms with E-state index in [-0.39, 0.29) is 12.0 Å². The number of rotatable bonds is 4. The minimum Gasteiger partial charge on any atom is -0.479 e. The van der Waals surface area contributed by atoms with Crippen LogP contribution in [-0.2, 0) is 9.53 Å². The topological polar surface area (TPSA) is 66.8 Å². The number of carboxylic acids is 1. The SMILES string of the molecule is CCCC1CC(C(C)(O)C(=O)O)CCO1. The van der Waals surface area contributed by atoms with Crippen LogP contribution in [-0.4, -0.2) is 34.5 Å². The standard InChI is InChI=1S/C11H20O4/c1-3-4-9-7-8(5-6-15-9)11(2,14)10(12)13/h8-9,14H,3-7H2,1-2H3,(H,12,13). The molecule has 2 N–H and O–H groups in total. The molecule has 0 saturated carbocycles. The molecule has 0 spiro atoms. The molecule has 88 valence electrons. The molecule has 1 heterocycles. The van der Waals surface area contributed by atoms with E-state index in [0.717, 1.165) is 12.8 Å². The van der Waals surface area contributed by atoms with Gasteiger partial charge >= 0.3 is 5.97 Å². The summed E-state index contributed by atoms with van der Waals surface area (Å²) in [6.07, 6.45) is 3.34. The van der Waals surface area contributed by atoms with Gasteiger partial charge in [-0.15, -0.1) is 0 Å². The molecule has 4 heteroatoms. The van der Waals surface area contributed by atoms with Crippen molar-refractivity contribution in [2.24, 2.45) is 5.92 Å². The molecule has 0 bridgehead atoms. The molecule has 15 heavy (non-hydrogen) atoms. The van der Waals surface area contributed by atoms with E-state index in [1.807, 2.05) is 0 Å². The number of hydrogen-bond acceptors (Lipinski definition) is 3. The first-order valence-corrected chi connectivity index (χ1v) is 5.55. The van der Waals surface area contributed by atoms with Gasteiger partial charge in [0, 0.05) is 12.5 Å². The van der Waals surface area contributed by atoms with E-state index in [1.54, 1.807) is 0 Å². The molecule has 1 saturated heterocycles. The lowest BCUT2D eigenvalue weighted by atomic mass is 9.80. The summed E-state index contributed by atoms with van der Waals surface area (Å²) < 4.78 is 5.52. The highest BCUT2D eigenvalue weighted by Crippen LogP contribution is 2.31. The van der Waals surface area contributed by atoms with Gasteiger partial charge in [0.15, 0.2) is 5.60 Å². The number of carboxylic acid groups (broad SMARTS) is 1. The van der Waals surface area contributed by atoms with Crippen molar-refractivity contribution in [3.8, 4) is 0 Å². The summed E-state index contributed by atoms with van der Waals surface area (Å²) in [6, 6.07) is 0. The Morgan fingerprint density at radius 3 is 2.80 bits per heavy atom. The van der Waals surface area contributed by atoms with E-state index in [9.17, 15) is 9.90 Å². The molecular weight excluding hydrogens is 196 g/mol. The summed E-state index contributed by atoms with van der Waals surface area (Å²) in [7, 11) is 0. The molecule has 1 aliphatic rings. The molecule has 0 radical (unpaired) electrons. The minimum absolute atomic E-state index is 0.111. The summed E-state index contributed by atoms with van der Waals surface area (Å²) >= 11 is 0. The quantitative estimate of drug-likeness (QED) is 0.745. The molecule has 1 aliphatic heterocycles. The van der Waals surface area contributed by atoms with Gasteiger partial charge in [-0.1, -0.05) is 13.3 Å². The zero-order chi connectivity index (χ0) is 11.5. The van der Waals surface area contributed by atoms with Crippen molar-refractivity contribution in [2.75, 3.05) is 6.61 Å². The molecule has 0 aromatic rings. The average molecular weight is 216 g/mol. The Balaban J connectivity index is 2.59. The maximum Gasteiger partial charge on any atom is 0.335 e. The van der Waals surface area contributed by atoms with Crippen LogP contribution in [0.25, 0.3) is 0 Å². The number of ether oxygens (including phenoxy) is 1. The van der Waals surface area contributed by atoms with Crippen LogP contribution in [0, 0.1) is 5.92 Å². The third kappa shape index (κ3) is 2.92. The summed E-state index contributed by atoms with van der Waals surface area (Å²) in [5, 5.41) is 18.8. The molecule has 1 fully saturated rings. The first-order valence-electron chi connectivity index (χ1n) is 5.55. The third-order valence-electron chi connectivity index (χ3n) is 3.21. The monoisotopic (exact) mass is 216 g/mol. The number of hydrogen-bond donors (Lipinski definition) is 2. The molecule has 0 aliphatic carbocycles. The summed E-state index contributed by atoms with van der Waals surface area (Å²) in [5.41, 5.74) is -1.62. The molecule has 3 atom stereocenters. The van der Waals surface area contributed by atoms with Gasteiger partial charge < -0.3 is 14.9 Å². The second-order valence-corrected chi connectivity index (χ2v) is 4.46. The molecule has 0 aromatic heterocycles. The van der Waals surface area contributed by atoms with Gasteiger partial charge in [0.1, 0.15) is 0 Å². The lowest BCUT2D eigenvalue weighted by Crippen LogP contribution is -2.46. The maximum atomic E-state index is 10.9. The van der Waals surface area contributed by atoms with E-state index in [0.29, 0.717) is 19.4 Å². The molecule has 4 nitrogen and oxygen atoms in total. The van der Waals surface area contributed by atoms with Crippen molar-refractivity contribution < 1.29 is 19.7 Å². The van der Waals surface area contributed by atoms with Crippen LogP contribution in [0.1, 0.15) is 39.5 Å². The van der Waals surface area contributed by atoms with E-state index < -0.39 is 11.6 Å². The molecule has 1 rings (SSSR count). The summed E-state index contributed by atoms with van der Waals surface area (Å²) in [4.78, 5) is 10.9. The van der Waals surface area contributed by atoms with Crippen molar-refractivity contribution in [1.29, 1.82) is 0 Å². The predicted molar refractivity (Wildman–Crippen MR) is 55.6 cm³/mol. The Morgan fingerprint density at radius 1 is 1.60 bits per heavy atom. The summed E-state index contributed by atoms with van der Waals surface area (Å²) in [6.45, 7) is 4.01. The Hall–Kier alpha value is -0.610. The highest BCUT2D eigenvalue weighted by atomic mass is 16.5. The van der Waals surface area contributed by atoms with Crippen LogP contribution in [0.2, 0.25) is 0 Å². The van der Waals surface area contributed by atoms with Gasteiger partial charge in [-0.3, -0.25) is 0 Å². The Kier molecular flexibility index (Phi) is 4.11. The van der Waals surface area contributed by atoms with Gasteiger partial charge in [-0.2, -0.15) is 0 Å². The summed E-state index contributed by atoms with van der Waals surface area (Å²) in [5.74, 6) is -1.33. The highest BCUT2D eigenvalue weighted by molar-refractivity contribution is 5.76. The fraction of sp³-hybridized carbons (Fsp3) is 0.909. The lowest BCUT2D eigenvalue weighted by Gasteiger charge is -2.36. The van der Waals surface area contributed by atoms with Crippen LogP contribution >= 0.6 is 0 Å². The van der Waals surface area contributed by atoms with Crippen LogP contribution in [0.4, 0.5) is 0 Å². The Bertz CT molecular complexity index is 223. The van der Waals surface area contributed by atoms with Gasteiger partial charge in [0.2, 0.25) is 0 Å². The van der Waals surface area contributed by atoms with Crippen molar-refractivity contribution in [2.45, 2.75) is 51.2 Å². The van der Waals surface area contributed by atoms with E-state index in [2.05, 4.69) is 6.92 Å². The molecule has 0 amide bonds. The number of carbonyl (C=O) groups is 1. The normalized spacial score (nSPS) is 30.9. The largest absolute Gasteiger partial charge is 0.479 e. The smallest absolute Gasteiger partial charge is 0.335 e. The van der Waals surface area contributed by atoms with Crippen molar-refractivity contribution in [3.63, 3.8) is 0 Å². The lowest BCUT2D eigenvalue weighted by molar-refractivity contribution is -0.168. The van der Waals surface area contributed by atoms with Crippen LogP contribution in [0.3, 0.4) is 0 Å². The number of aliphatic hydroxyl groups is 1. The second-order valence-electron chi connectivity index (χ2n) is 4.46. The van der Waals surface area contributed by atoms with Gasteiger partial charge in [-0.25, -0.2) is 4.79 Å². The first-order chi connectivity index (χ1) is 6.98. The van der Waals surface area contributed by atoms with Gasteiger partial charge in [-0.05, 0) is 26.2 Å². The van der Waals surface area contributed by atoms with Crippen LogP contribution in [0.5, 0.6) is 0 Å². The van der Waals surface area contributed by atoms with E-state index >= 15 is 0 Å². The minimum atomic E-state index is -1.62. The third-order valence-corrected chi connectivity index (χ3v) is 3.21. The molecule has 3 unspecified atom stereocenters. The van der Waals surface area contributed by atoms with Gasteiger partial charge in [0.05, 0.1) is 6.10 Å². The van der Waals surface area contributed by atoms with Gasteiger partial charge in [0.25, 0.3) is 0 Å². The fourth-order valence-electron chi connectivity index (χ4n) is 2.09. The Labute approximate surface area is 90.2 Å². The maximum absolute atomic E-state index is 10.9. The zero-order valence-corrected chi connectivity index (χ0v) is 9.40. The van der Waals surface area contributed by atoms with Crippen molar-refractivity contribution in [1.82, 2.24) is 0 Å². The van der Waals surface area contributed by atoms with Crippen LogP contribution in [0.15, 0.2) is 0 Å². The fourth-order valence-corrected chi connectivity index (χ4v) is 2.09. The predicted octanol–water partition coefficient (Wildman–Crippen LogP) is 1.42. The van der Waals surface area contributed by atoms with Crippen LogP contribution < -0.4 is 0 Å². The molecular formula is C11H20O4. The zero-order valence-electron chi connectivity index (χ0n) is 9.40. The van der Waals surface area contributed by atoms with Crippen molar-refractivity contribution in [3.05, 3.63) is 0 Å². The number of aliphatic carboxylic acids is 1. The Morgan fingerprint density at radius 2 is 2.27 bits per heavy atom. The van der Waals surface area contributed by atoms with Crippen molar-refractivity contribution >= 4 is 5.97 Å². The molecule has 0 aromatic carbocycles. The highest BCUT2D eigenvalue weighted by Gasteiger charge is 2.41. The first kappa shape index (κ1) is 12.5.